The van der Waals surface area contributed by atoms with Crippen molar-refractivity contribution in [2.45, 2.75) is 5.16 Å². The van der Waals surface area contributed by atoms with E-state index < -0.39 is 0 Å². The molecule has 0 aliphatic carbocycles. The van der Waals surface area contributed by atoms with Crippen LogP contribution in [0.2, 0.25) is 0 Å². The lowest BCUT2D eigenvalue weighted by molar-refractivity contribution is 0.416. The van der Waals surface area contributed by atoms with Crippen LogP contribution in [0.3, 0.4) is 0 Å². The van der Waals surface area contributed by atoms with Crippen LogP contribution in [0.15, 0.2) is 29.4 Å². The molecule has 0 aliphatic heterocycles. The van der Waals surface area contributed by atoms with E-state index in [1.807, 2.05) is 6.26 Å². The predicted molar refractivity (Wildman–Crippen MR) is 84.4 cm³/mol. The van der Waals surface area contributed by atoms with E-state index in [4.69, 9.17) is 4.74 Å². The Kier molecular flexibility index (Phi) is 4.85. The van der Waals surface area contributed by atoms with Gasteiger partial charge in [0, 0.05) is 13.1 Å². The normalized spacial score (nSPS) is 9.81. The zero-order valence-electron chi connectivity index (χ0n) is 12.0. The van der Waals surface area contributed by atoms with E-state index in [1.54, 1.807) is 38.4 Å². The van der Waals surface area contributed by atoms with Crippen LogP contribution in [0.5, 0.6) is 5.75 Å². The summed E-state index contributed by atoms with van der Waals surface area (Å²) in [5.74, 6) is 1.88. The summed E-state index contributed by atoms with van der Waals surface area (Å²) in [6, 6.07) is 9.20. The maximum atomic E-state index is 9.22. The molecular weight excluding hydrogens is 286 g/mol. The van der Waals surface area contributed by atoms with E-state index in [0.717, 1.165) is 0 Å². The van der Waals surface area contributed by atoms with E-state index in [0.29, 0.717) is 33.8 Å². The Morgan fingerprint density at radius 1 is 1.29 bits per heavy atom. The molecule has 7 heteroatoms. The van der Waals surface area contributed by atoms with Crippen LogP contribution in [0.25, 0.3) is 0 Å². The average molecular weight is 301 g/mol. The van der Waals surface area contributed by atoms with Crippen LogP contribution in [0, 0.1) is 11.3 Å². The first kappa shape index (κ1) is 14.9. The minimum atomic E-state index is 0.490. The minimum absolute atomic E-state index is 0.490. The third-order valence-corrected chi connectivity index (χ3v) is 3.31. The van der Waals surface area contributed by atoms with Gasteiger partial charge in [0.05, 0.1) is 12.7 Å². The maximum absolute atomic E-state index is 9.22. The molecule has 2 aromatic rings. The maximum Gasteiger partial charge on any atom is 0.191 e. The first-order valence-electron chi connectivity index (χ1n) is 6.16. The predicted octanol–water partition coefficient (Wildman–Crippen LogP) is 2.86. The third-order valence-electron chi connectivity index (χ3n) is 2.76. The Bertz CT molecular complexity index is 661. The van der Waals surface area contributed by atoms with Crippen molar-refractivity contribution >= 4 is 29.1 Å². The number of ether oxygens (including phenoxy) is 1. The highest BCUT2D eigenvalue weighted by molar-refractivity contribution is 7.98. The molecule has 0 unspecified atom stereocenters. The second-order valence-electron chi connectivity index (χ2n) is 3.99. The Labute approximate surface area is 127 Å². The highest BCUT2D eigenvalue weighted by atomic mass is 32.2. The molecule has 2 rings (SSSR count). The molecule has 1 aromatic carbocycles. The molecule has 108 valence electrons. The fourth-order valence-electron chi connectivity index (χ4n) is 1.76. The standard InChI is InChI=1S/C14H15N5OS/c1-16-11-7-12(19-14(18-11)21-3)17-13-9(8-15)5-4-6-10(13)20-2/h4-7H,1-3H3,(H2,16,17,18,19). The van der Waals surface area contributed by atoms with Gasteiger partial charge < -0.3 is 15.4 Å². The molecule has 0 saturated carbocycles. The van der Waals surface area contributed by atoms with Gasteiger partial charge in [0.25, 0.3) is 0 Å². The van der Waals surface area contributed by atoms with Gasteiger partial charge in [-0.15, -0.1) is 0 Å². The van der Waals surface area contributed by atoms with E-state index in [1.165, 1.54) is 11.8 Å². The number of nitrogens with zero attached hydrogens (tertiary/aromatic N) is 3. The van der Waals surface area contributed by atoms with Gasteiger partial charge in [-0.05, 0) is 18.4 Å². The Morgan fingerprint density at radius 3 is 2.67 bits per heavy atom. The van der Waals surface area contributed by atoms with Crippen molar-refractivity contribution in [3.63, 3.8) is 0 Å². The number of benzene rings is 1. The molecule has 0 amide bonds. The number of methoxy groups -OCH3 is 1. The number of nitrogens with one attached hydrogen (secondary N) is 2. The number of hydrogen-bond acceptors (Lipinski definition) is 7. The highest BCUT2D eigenvalue weighted by Crippen LogP contribution is 2.31. The molecule has 0 aliphatic rings. The van der Waals surface area contributed by atoms with Crippen LogP contribution in [0.1, 0.15) is 5.56 Å². The molecule has 21 heavy (non-hydrogen) atoms. The number of nitriles is 1. The van der Waals surface area contributed by atoms with Crippen LogP contribution in [-0.2, 0) is 0 Å². The molecule has 0 fully saturated rings. The van der Waals surface area contributed by atoms with Crippen LogP contribution in [-0.4, -0.2) is 30.4 Å². The minimum Gasteiger partial charge on any atom is -0.495 e. The summed E-state index contributed by atoms with van der Waals surface area (Å²) in [4.78, 5) is 8.68. The SMILES string of the molecule is CNc1cc(Nc2c(C#N)cccc2OC)nc(SC)n1. The van der Waals surface area contributed by atoms with Crippen LogP contribution in [0.4, 0.5) is 17.3 Å². The van der Waals surface area contributed by atoms with Crippen LogP contribution >= 0.6 is 11.8 Å². The van der Waals surface area contributed by atoms with Crippen molar-refractivity contribution < 1.29 is 4.74 Å². The van der Waals surface area contributed by atoms with Crippen molar-refractivity contribution in [3.8, 4) is 11.8 Å². The van der Waals surface area contributed by atoms with Gasteiger partial charge in [-0.2, -0.15) is 5.26 Å². The fraction of sp³-hybridized carbons (Fsp3) is 0.214. The summed E-state index contributed by atoms with van der Waals surface area (Å²) in [5, 5.41) is 16.0. The Hall–Kier alpha value is -2.46. The number of aromatic nitrogens is 2. The lowest BCUT2D eigenvalue weighted by Crippen LogP contribution is -2.03. The van der Waals surface area contributed by atoms with E-state index in [-0.39, 0.29) is 0 Å². The molecule has 2 N–H and O–H groups in total. The fourth-order valence-corrected chi connectivity index (χ4v) is 2.14. The molecule has 0 spiro atoms. The third kappa shape index (κ3) is 3.35. The quantitative estimate of drug-likeness (QED) is 0.649. The first-order valence-corrected chi connectivity index (χ1v) is 7.39. The average Bonchev–Trinajstić information content (AvgIpc) is 2.54. The largest absolute Gasteiger partial charge is 0.495 e. The number of anilines is 3. The van der Waals surface area contributed by atoms with Gasteiger partial charge in [0.1, 0.15) is 29.1 Å². The summed E-state index contributed by atoms with van der Waals surface area (Å²) in [6.45, 7) is 0. The van der Waals surface area contributed by atoms with E-state index in [9.17, 15) is 5.26 Å². The summed E-state index contributed by atoms with van der Waals surface area (Å²) >= 11 is 1.44. The molecule has 0 radical (unpaired) electrons. The molecule has 0 bridgehead atoms. The lowest BCUT2D eigenvalue weighted by atomic mass is 10.2. The lowest BCUT2D eigenvalue weighted by Gasteiger charge is -2.13. The first-order chi connectivity index (χ1) is 10.2. The molecule has 1 aromatic heterocycles. The number of thioether (sulfide) groups is 1. The Morgan fingerprint density at radius 2 is 2.05 bits per heavy atom. The van der Waals surface area contributed by atoms with Crippen molar-refractivity contribution in [1.82, 2.24) is 9.97 Å². The molecular formula is C14H15N5OS. The summed E-state index contributed by atoms with van der Waals surface area (Å²) < 4.78 is 5.30. The molecule has 0 saturated heterocycles. The second-order valence-corrected chi connectivity index (χ2v) is 4.77. The summed E-state index contributed by atoms with van der Waals surface area (Å²) in [6.07, 6.45) is 1.91. The molecule has 0 atom stereocenters. The number of rotatable bonds is 5. The molecule has 6 nitrogen and oxygen atoms in total. The van der Waals surface area contributed by atoms with E-state index >= 15 is 0 Å². The topological polar surface area (TPSA) is 82.9 Å². The number of hydrogen-bond donors (Lipinski definition) is 2. The van der Waals surface area contributed by atoms with Gasteiger partial charge in [0.2, 0.25) is 0 Å². The van der Waals surface area contributed by atoms with Crippen molar-refractivity contribution in [2.24, 2.45) is 0 Å². The smallest absolute Gasteiger partial charge is 0.191 e. The van der Waals surface area contributed by atoms with E-state index in [2.05, 4.69) is 26.7 Å². The summed E-state index contributed by atoms with van der Waals surface area (Å²) in [5.41, 5.74) is 1.08. The zero-order chi connectivity index (χ0) is 15.2. The van der Waals surface area contributed by atoms with Gasteiger partial charge in [-0.1, -0.05) is 17.8 Å². The van der Waals surface area contributed by atoms with Crippen LogP contribution < -0.4 is 15.4 Å². The van der Waals surface area contributed by atoms with Gasteiger partial charge >= 0.3 is 0 Å². The summed E-state index contributed by atoms with van der Waals surface area (Å²) in [7, 11) is 3.36. The monoisotopic (exact) mass is 301 g/mol. The highest BCUT2D eigenvalue weighted by Gasteiger charge is 2.11. The number of para-hydroxylation sites is 1. The van der Waals surface area contributed by atoms with Gasteiger partial charge in [-0.25, -0.2) is 9.97 Å². The molecule has 1 heterocycles. The van der Waals surface area contributed by atoms with Crippen molar-refractivity contribution in [2.75, 3.05) is 31.0 Å². The van der Waals surface area contributed by atoms with Gasteiger partial charge in [-0.3, -0.25) is 0 Å². The second kappa shape index (κ2) is 6.81. The van der Waals surface area contributed by atoms with Crippen molar-refractivity contribution in [1.29, 1.82) is 5.26 Å². The van der Waals surface area contributed by atoms with Gasteiger partial charge in [0.15, 0.2) is 5.16 Å². The van der Waals surface area contributed by atoms with Crippen molar-refractivity contribution in [3.05, 3.63) is 29.8 Å². The Balaban J connectivity index is 2.45. The zero-order valence-corrected chi connectivity index (χ0v) is 12.8.